The van der Waals surface area contributed by atoms with Crippen molar-refractivity contribution in [3.8, 4) is 0 Å². The lowest BCUT2D eigenvalue weighted by Gasteiger charge is -2.05. The molecule has 0 saturated carbocycles. The molecule has 0 aliphatic carbocycles. The molecule has 1 N–H and O–H groups in total. The molecule has 0 aliphatic heterocycles. The van der Waals surface area contributed by atoms with Crippen molar-refractivity contribution in [3.05, 3.63) is 66.8 Å². The molecule has 0 atom stereocenters. The minimum absolute atomic E-state index is 0.176. The van der Waals surface area contributed by atoms with Gasteiger partial charge in [0.25, 0.3) is 0 Å². The number of benzene rings is 1. The summed E-state index contributed by atoms with van der Waals surface area (Å²) in [5, 5.41) is 7.89. The van der Waals surface area contributed by atoms with Crippen LogP contribution in [0.5, 0.6) is 0 Å². The Morgan fingerprint density at radius 2 is 1.58 bits per heavy atom. The van der Waals surface area contributed by atoms with Crippen molar-refractivity contribution >= 4 is 18.0 Å². The highest BCUT2D eigenvalue weighted by Gasteiger charge is 2.03. The number of aliphatic carboxylic acids is 1. The Labute approximate surface area is 145 Å². The van der Waals surface area contributed by atoms with Crippen molar-refractivity contribution in [2.75, 3.05) is 6.61 Å². The van der Waals surface area contributed by atoms with Gasteiger partial charge in [-0.2, -0.15) is 0 Å². The average Bonchev–Trinajstić information content (AvgIpc) is 2.54. The Bertz CT molecular complexity index is 530. The minimum atomic E-state index is -0.935. The van der Waals surface area contributed by atoms with Gasteiger partial charge in [0.05, 0.1) is 6.61 Å². The summed E-state index contributed by atoms with van der Waals surface area (Å²) in [6.45, 7) is 17.8. The zero-order valence-corrected chi connectivity index (χ0v) is 15.0. The molecule has 1 aromatic carbocycles. The van der Waals surface area contributed by atoms with E-state index in [-0.39, 0.29) is 11.5 Å². The molecule has 1 aromatic rings. The lowest BCUT2D eigenvalue weighted by Crippen LogP contribution is -2.09. The second-order valence-corrected chi connectivity index (χ2v) is 5.47. The normalized spacial score (nSPS) is 8.71. The minimum Gasteiger partial charge on any atom is -0.478 e. The van der Waals surface area contributed by atoms with E-state index in [1.807, 2.05) is 50.3 Å². The third-order valence-corrected chi connectivity index (χ3v) is 2.30. The number of carbonyl (C=O) groups is 2. The average molecular weight is 332 g/mol. The predicted molar refractivity (Wildman–Crippen MR) is 99.6 cm³/mol. The molecule has 4 nitrogen and oxygen atoms in total. The van der Waals surface area contributed by atoms with Crippen molar-refractivity contribution in [2.45, 2.75) is 27.7 Å². The summed E-state index contributed by atoms with van der Waals surface area (Å²) >= 11 is 0. The highest BCUT2D eigenvalue weighted by Crippen LogP contribution is 1.98. The van der Waals surface area contributed by atoms with E-state index in [2.05, 4.69) is 19.7 Å². The zero-order valence-electron chi connectivity index (χ0n) is 15.0. The smallest absolute Gasteiger partial charge is 0.333 e. The Morgan fingerprint density at radius 1 is 1.12 bits per heavy atom. The molecule has 0 spiro atoms. The summed E-state index contributed by atoms with van der Waals surface area (Å²) in [6, 6.07) is 10.0. The van der Waals surface area contributed by atoms with E-state index in [0.29, 0.717) is 18.1 Å². The van der Waals surface area contributed by atoms with Gasteiger partial charge in [0.2, 0.25) is 0 Å². The van der Waals surface area contributed by atoms with E-state index in [1.165, 1.54) is 12.5 Å². The molecule has 0 aromatic heterocycles. The quantitative estimate of drug-likeness (QED) is 0.625. The maximum atomic E-state index is 10.7. The molecule has 4 heteroatoms. The fourth-order valence-electron chi connectivity index (χ4n) is 0.955. The van der Waals surface area contributed by atoms with Crippen LogP contribution < -0.4 is 0 Å². The van der Waals surface area contributed by atoms with Gasteiger partial charge in [0.1, 0.15) is 0 Å². The monoisotopic (exact) mass is 332 g/mol. The van der Waals surface area contributed by atoms with Crippen molar-refractivity contribution in [2.24, 2.45) is 5.92 Å². The fourth-order valence-corrected chi connectivity index (χ4v) is 0.955. The van der Waals surface area contributed by atoms with E-state index >= 15 is 0 Å². The molecule has 0 heterocycles. The molecule has 0 fully saturated rings. The predicted octanol–water partition coefficient (Wildman–Crippen LogP) is 4.74. The van der Waals surface area contributed by atoms with Crippen LogP contribution in [0.4, 0.5) is 0 Å². The van der Waals surface area contributed by atoms with Crippen molar-refractivity contribution < 1.29 is 19.4 Å². The molecule has 0 radical (unpaired) electrons. The number of ether oxygens (including phenoxy) is 1. The zero-order chi connectivity index (χ0) is 19.1. The van der Waals surface area contributed by atoms with Gasteiger partial charge in [-0.1, -0.05) is 70.0 Å². The van der Waals surface area contributed by atoms with Crippen molar-refractivity contribution in [1.82, 2.24) is 0 Å². The maximum absolute atomic E-state index is 10.7. The van der Waals surface area contributed by atoms with Crippen LogP contribution in [0.15, 0.2) is 61.2 Å². The standard InChI is InChI=1S/C8H14O2.C8H8.C4H6O2/c1-6(2)5-10-8(9)7(3)4;1-2-8-6-4-3-5-7-8;1-3(2)4(5)6/h6H,3,5H2,1-2,4H3;2-7H,1H2;1H2,2H3,(H,5,6). The molecule has 0 bridgehead atoms. The van der Waals surface area contributed by atoms with Crippen LogP contribution in [0.2, 0.25) is 0 Å². The van der Waals surface area contributed by atoms with Crippen LogP contribution in [0.1, 0.15) is 33.3 Å². The Hall–Kier alpha value is -2.62. The Morgan fingerprint density at radius 3 is 1.83 bits per heavy atom. The highest BCUT2D eigenvalue weighted by atomic mass is 16.5. The Balaban J connectivity index is 0. The number of hydrogen-bond acceptors (Lipinski definition) is 3. The van der Waals surface area contributed by atoms with Crippen LogP contribution in [-0.4, -0.2) is 23.7 Å². The summed E-state index contributed by atoms with van der Waals surface area (Å²) < 4.78 is 4.83. The summed E-state index contributed by atoms with van der Waals surface area (Å²) in [4.78, 5) is 20.3. The lowest BCUT2D eigenvalue weighted by molar-refractivity contribution is -0.140. The van der Waals surface area contributed by atoms with Gasteiger partial charge in [-0.15, -0.1) is 0 Å². The first kappa shape index (κ1) is 23.6. The topological polar surface area (TPSA) is 63.6 Å². The van der Waals surface area contributed by atoms with Crippen LogP contribution in [0, 0.1) is 5.92 Å². The highest BCUT2D eigenvalue weighted by molar-refractivity contribution is 5.86. The summed E-state index contributed by atoms with van der Waals surface area (Å²) in [7, 11) is 0. The van der Waals surface area contributed by atoms with Gasteiger partial charge in [0, 0.05) is 11.1 Å². The first-order valence-electron chi connectivity index (χ1n) is 7.50. The molecular weight excluding hydrogens is 304 g/mol. The molecule has 0 amide bonds. The van der Waals surface area contributed by atoms with E-state index in [9.17, 15) is 9.59 Å². The van der Waals surface area contributed by atoms with E-state index < -0.39 is 5.97 Å². The van der Waals surface area contributed by atoms with Crippen LogP contribution in [0.25, 0.3) is 6.08 Å². The molecule has 0 unspecified atom stereocenters. The second-order valence-electron chi connectivity index (χ2n) is 5.47. The van der Waals surface area contributed by atoms with Gasteiger partial charge >= 0.3 is 11.9 Å². The number of hydrogen-bond donors (Lipinski definition) is 1. The SMILES string of the molecule is C=C(C)C(=O)O.C=C(C)C(=O)OCC(C)C.C=Cc1ccccc1. The number of carboxylic acids is 1. The maximum Gasteiger partial charge on any atom is 0.333 e. The van der Waals surface area contributed by atoms with Crippen LogP contribution >= 0.6 is 0 Å². The largest absolute Gasteiger partial charge is 0.478 e. The summed E-state index contributed by atoms with van der Waals surface area (Å²) in [5.41, 5.74) is 1.81. The van der Waals surface area contributed by atoms with Crippen molar-refractivity contribution in [1.29, 1.82) is 0 Å². The van der Waals surface area contributed by atoms with E-state index in [0.717, 1.165) is 0 Å². The fraction of sp³-hybridized carbons (Fsp3) is 0.300. The Kier molecular flexibility index (Phi) is 13.8. The second kappa shape index (κ2) is 14.0. The van der Waals surface area contributed by atoms with Crippen LogP contribution in [-0.2, 0) is 14.3 Å². The molecular formula is C20H28O4. The number of carboxylic acid groups (broad SMARTS) is 1. The van der Waals surface area contributed by atoms with Gasteiger partial charge in [0.15, 0.2) is 0 Å². The first-order chi connectivity index (χ1) is 11.1. The molecule has 0 saturated heterocycles. The van der Waals surface area contributed by atoms with Gasteiger partial charge in [-0.25, -0.2) is 9.59 Å². The van der Waals surface area contributed by atoms with Gasteiger partial charge in [-0.05, 0) is 25.3 Å². The molecule has 0 aliphatic rings. The first-order valence-corrected chi connectivity index (χ1v) is 7.50. The third-order valence-electron chi connectivity index (χ3n) is 2.30. The lowest BCUT2D eigenvalue weighted by atomic mass is 10.2. The van der Waals surface area contributed by atoms with Crippen LogP contribution in [0.3, 0.4) is 0 Å². The summed E-state index contributed by atoms with van der Waals surface area (Å²) in [6.07, 6.45) is 1.83. The molecule has 132 valence electrons. The number of esters is 1. The summed E-state index contributed by atoms with van der Waals surface area (Å²) in [5.74, 6) is -0.841. The molecule has 24 heavy (non-hydrogen) atoms. The van der Waals surface area contributed by atoms with Crippen molar-refractivity contribution in [3.63, 3.8) is 0 Å². The van der Waals surface area contributed by atoms with Gasteiger partial charge in [-0.3, -0.25) is 0 Å². The molecule has 1 rings (SSSR count). The third kappa shape index (κ3) is 15.8. The number of rotatable bonds is 5. The van der Waals surface area contributed by atoms with E-state index in [1.54, 1.807) is 6.92 Å². The van der Waals surface area contributed by atoms with Gasteiger partial charge < -0.3 is 9.84 Å². The van der Waals surface area contributed by atoms with E-state index in [4.69, 9.17) is 9.84 Å². The number of carbonyl (C=O) groups excluding carboxylic acids is 1.